The van der Waals surface area contributed by atoms with Gasteiger partial charge in [0.25, 0.3) is 0 Å². The van der Waals surface area contributed by atoms with Crippen LogP contribution < -0.4 is 4.74 Å². The zero-order valence-electron chi connectivity index (χ0n) is 11.5. The second-order valence-electron chi connectivity index (χ2n) is 4.62. The molecule has 0 N–H and O–H groups in total. The van der Waals surface area contributed by atoms with Gasteiger partial charge in [-0.1, -0.05) is 24.8 Å². The van der Waals surface area contributed by atoms with Crippen LogP contribution in [0, 0.1) is 0 Å². The smallest absolute Gasteiger partial charge is 0.406 e. The molecule has 0 spiro atoms. The minimum Gasteiger partial charge on any atom is -0.406 e. The zero-order chi connectivity index (χ0) is 17.3. The topological polar surface area (TPSA) is 9.23 Å². The molecule has 23 heavy (non-hydrogen) atoms. The highest BCUT2D eigenvalue weighted by Crippen LogP contribution is 2.34. The van der Waals surface area contributed by atoms with Gasteiger partial charge in [-0.25, -0.2) is 0 Å². The summed E-state index contributed by atoms with van der Waals surface area (Å²) >= 11 is 0. The van der Waals surface area contributed by atoms with Crippen LogP contribution in [0.2, 0.25) is 0 Å². The van der Waals surface area contributed by atoms with E-state index in [2.05, 4.69) is 11.3 Å². The number of ether oxygens (including phenoxy) is 1. The van der Waals surface area contributed by atoms with E-state index in [1.165, 1.54) is 24.3 Å². The van der Waals surface area contributed by atoms with Crippen LogP contribution >= 0.6 is 0 Å². The third-order valence-electron chi connectivity index (χ3n) is 2.92. The van der Waals surface area contributed by atoms with Gasteiger partial charge in [-0.3, -0.25) is 0 Å². The fourth-order valence-electron chi connectivity index (χ4n) is 1.97. The molecule has 0 aliphatic carbocycles. The average molecular weight is 332 g/mol. The van der Waals surface area contributed by atoms with Crippen molar-refractivity contribution in [1.29, 1.82) is 0 Å². The molecule has 0 saturated heterocycles. The zero-order valence-corrected chi connectivity index (χ0v) is 11.5. The van der Waals surface area contributed by atoms with Crippen molar-refractivity contribution >= 4 is 6.08 Å². The molecule has 0 fully saturated rings. The highest BCUT2D eigenvalue weighted by atomic mass is 19.4. The molecule has 0 radical (unpaired) electrons. The van der Waals surface area contributed by atoms with Crippen LogP contribution in [0.5, 0.6) is 5.75 Å². The summed E-state index contributed by atoms with van der Waals surface area (Å²) in [5, 5.41) is 0. The minimum atomic E-state index is -4.90. The molecule has 2 aromatic rings. The van der Waals surface area contributed by atoms with Gasteiger partial charge in [-0.2, -0.15) is 13.2 Å². The third-order valence-corrected chi connectivity index (χ3v) is 2.92. The molecule has 0 saturated carbocycles. The highest BCUT2D eigenvalue weighted by Gasteiger charge is 2.32. The molecule has 0 heterocycles. The quantitative estimate of drug-likeness (QED) is 0.635. The van der Waals surface area contributed by atoms with Gasteiger partial charge < -0.3 is 4.74 Å². The van der Waals surface area contributed by atoms with Crippen molar-refractivity contribution in [1.82, 2.24) is 0 Å². The molecule has 0 amide bonds. The summed E-state index contributed by atoms with van der Waals surface area (Å²) in [5.41, 5.74) is -0.320. The largest absolute Gasteiger partial charge is 0.573 e. The Kier molecular flexibility index (Phi) is 4.40. The minimum absolute atomic E-state index is 0.121. The van der Waals surface area contributed by atoms with Crippen molar-refractivity contribution < 1.29 is 31.1 Å². The molecule has 7 heteroatoms. The van der Waals surface area contributed by atoms with Gasteiger partial charge in [0.05, 0.1) is 5.56 Å². The summed E-state index contributed by atoms with van der Waals surface area (Å²) in [5.74, 6) is -0.526. The normalized spacial score (nSPS) is 12.1. The Morgan fingerprint density at radius 2 is 1.57 bits per heavy atom. The van der Waals surface area contributed by atoms with E-state index in [-0.39, 0.29) is 11.1 Å². The third kappa shape index (κ3) is 4.51. The molecule has 0 aliphatic heterocycles. The molecule has 122 valence electrons. The fourth-order valence-corrected chi connectivity index (χ4v) is 1.97. The van der Waals surface area contributed by atoms with Crippen molar-refractivity contribution in [2.75, 3.05) is 0 Å². The van der Waals surface area contributed by atoms with Gasteiger partial charge in [0.15, 0.2) is 0 Å². The van der Waals surface area contributed by atoms with Gasteiger partial charge in [-0.05, 0) is 47.0 Å². The highest BCUT2D eigenvalue weighted by molar-refractivity contribution is 5.70. The first-order chi connectivity index (χ1) is 10.6. The number of benzene rings is 2. The van der Waals surface area contributed by atoms with E-state index in [0.29, 0.717) is 5.56 Å². The number of hydrogen-bond donors (Lipinski definition) is 0. The van der Waals surface area contributed by atoms with Gasteiger partial charge in [-0.15, -0.1) is 13.2 Å². The SMILES string of the molecule is C=Cc1cc(OC(F)(F)F)cc(-c2cccc(C(F)(F)F)c2)c1. The molecule has 0 atom stereocenters. The molecule has 0 unspecified atom stereocenters. The lowest BCUT2D eigenvalue weighted by molar-refractivity contribution is -0.274. The summed E-state index contributed by atoms with van der Waals surface area (Å²) in [6.45, 7) is 3.44. The maximum absolute atomic E-state index is 12.7. The van der Waals surface area contributed by atoms with Gasteiger partial charge in [0.2, 0.25) is 0 Å². The summed E-state index contributed by atoms with van der Waals surface area (Å²) < 4.78 is 79.1. The van der Waals surface area contributed by atoms with Crippen molar-refractivity contribution in [2.24, 2.45) is 0 Å². The van der Waals surface area contributed by atoms with Crippen molar-refractivity contribution in [3.63, 3.8) is 0 Å². The Balaban J connectivity index is 2.50. The Hall–Kier alpha value is -2.44. The van der Waals surface area contributed by atoms with Gasteiger partial charge in [0.1, 0.15) is 5.75 Å². The van der Waals surface area contributed by atoms with Crippen molar-refractivity contribution in [2.45, 2.75) is 12.5 Å². The van der Waals surface area contributed by atoms with Crippen LogP contribution in [0.15, 0.2) is 49.0 Å². The number of halogens is 6. The van der Waals surface area contributed by atoms with Crippen LogP contribution in [-0.2, 0) is 6.18 Å². The predicted molar refractivity (Wildman–Crippen MR) is 73.7 cm³/mol. The van der Waals surface area contributed by atoms with E-state index in [4.69, 9.17) is 0 Å². The summed E-state index contributed by atoms with van der Waals surface area (Å²) in [6.07, 6.45) is -8.16. The lowest BCUT2D eigenvalue weighted by Crippen LogP contribution is -2.17. The second-order valence-corrected chi connectivity index (χ2v) is 4.62. The second kappa shape index (κ2) is 5.98. The Morgan fingerprint density at radius 3 is 2.13 bits per heavy atom. The fraction of sp³-hybridized carbons (Fsp3) is 0.125. The first-order valence-corrected chi connectivity index (χ1v) is 6.29. The van der Waals surface area contributed by atoms with E-state index < -0.39 is 23.9 Å². The van der Waals surface area contributed by atoms with E-state index in [0.717, 1.165) is 24.3 Å². The van der Waals surface area contributed by atoms with Crippen LogP contribution in [0.4, 0.5) is 26.3 Å². The summed E-state index contributed by atoms with van der Waals surface area (Å²) in [7, 11) is 0. The predicted octanol–water partition coefficient (Wildman–Crippen LogP) is 5.91. The Bertz CT molecular complexity index is 715. The summed E-state index contributed by atoms with van der Waals surface area (Å²) in [4.78, 5) is 0. The number of rotatable bonds is 3. The van der Waals surface area contributed by atoms with Gasteiger partial charge in [0, 0.05) is 0 Å². The molecule has 0 aromatic heterocycles. The van der Waals surface area contributed by atoms with Crippen LogP contribution in [-0.4, -0.2) is 6.36 Å². The molecule has 1 nitrogen and oxygen atoms in total. The average Bonchev–Trinajstić information content (AvgIpc) is 2.44. The van der Waals surface area contributed by atoms with Gasteiger partial charge >= 0.3 is 12.5 Å². The molecular formula is C16H10F6O. The number of hydrogen-bond acceptors (Lipinski definition) is 1. The first-order valence-electron chi connectivity index (χ1n) is 6.29. The molecule has 0 bridgehead atoms. The maximum atomic E-state index is 12.7. The van der Waals surface area contributed by atoms with E-state index >= 15 is 0 Å². The standard InChI is InChI=1S/C16H10F6O/c1-2-10-6-12(9-14(7-10)23-16(20,21)22)11-4-3-5-13(8-11)15(17,18)19/h2-9H,1H2. The monoisotopic (exact) mass is 332 g/mol. The molecular weight excluding hydrogens is 322 g/mol. The molecule has 2 aromatic carbocycles. The number of alkyl halides is 6. The van der Waals surface area contributed by atoms with Crippen molar-refractivity contribution in [3.05, 3.63) is 60.2 Å². The van der Waals surface area contributed by atoms with E-state index in [1.54, 1.807) is 0 Å². The van der Waals surface area contributed by atoms with Crippen LogP contribution in [0.1, 0.15) is 11.1 Å². The van der Waals surface area contributed by atoms with Crippen LogP contribution in [0.3, 0.4) is 0 Å². The Labute approximate surface area is 127 Å². The Morgan fingerprint density at radius 1 is 0.870 bits per heavy atom. The van der Waals surface area contributed by atoms with Crippen molar-refractivity contribution in [3.8, 4) is 16.9 Å². The molecule has 0 aliphatic rings. The van der Waals surface area contributed by atoms with E-state index in [1.807, 2.05) is 0 Å². The van der Waals surface area contributed by atoms with E-state index in [9.17, 15) is 26.3 Å². The summed E-state index contributed by atoms with van der Waals surface area (Å²) in [6, 6.07) is 7.84. The lowest BCUT2D eigenvalue weighted by Gasteiger charge is -2.13. The molecule has 2 rings (SSSR count). The first kappa shape index (κ1) is 16.9. The van der Waals surface area contributed by atoms with Crippen LogP contribution in [0.25, 0.3) is 17.2 Å². The lowest BCUT2D eigenvalue weighted by atomic mass is 10.0. The maximum Gasteiger partial charge on any atom is 0.573 e.